The van der Waals surface area contributed by atoms with Crippen LogP contribution in [-0.4, -0.2) is 51.0 Å². The summed E-state index contributed by atoms with van der Waals surface area (Å²) >= 11 is 0. The number of nitro benzene ring substituents is 1. The largest absolute Gasteiger partial charge is 0.478 e. The van der Waals surface area contributed by atoms with Crippen LogP contribution in [0.3, 0.4) is 0 Å². The molecule has 10 nitrogen and oxygen atoms in total. The molecule has 0 unspecified atom stereocenters. The lowest BCUT2D eigenvalue weighted by atomic mass is 10.1. The summed E-state index contributed by atoms with van der Waals surface area (Å²) in [6.45, 7) is -0.674. The van der Waals surface area contributed by atoms with Crippen molar-refractivity contribution in [1.29, 1.82) is 0 Å². The molecule has 10 heteroatoms. The lowest BCUT2D eigenvalue weighted by Crippen LogP contribution is -2.34. The van der Waals surface area contributed by atoms with Gasteiger partial charge in [0.05, 0.1) is 23.6 Å². The highest BCUT2D eigenvalue weighted by atomic mass is 16.6. The van der Waals surface area contributed by atoms with Crippen molar-refractivity contribution in [3.63, 3.8) is 0 Å². The van der Waals surface area contributed by atoms with Gasteiger partial charge >= 0.3 is 5.97 Å². The van der Waals surface area contributed by atoms with E-state index in [1.807, 2.05) is 0 Å². The Kier molecular flexibility index (Phi) is 4.37. The van der Waals surface area contributed by atoms with Crippen LogP contribution < -0.4 is 5.32 Å². The molecule has 0 spiro atoms. The fourth-order valence-electron chi connectivity index (χ4n) is 2.05. The molecule has 120 valence electrons. The van der Waals surface area contributed by atoms with Gasteiger partial charge in [-0.15, -0.1) is 0 Å². The Morgan fingerprint density at radius 2 is 2.04 bits per heavy atom. The Balaban J connectivity index is 2.43. The highest BCUT2D eigenvalue weighted by Crippen LogP contribution is 2.30. The lowest BCUT2D eigenvalue weighted by molar-refractivity contribution is -0.384. The number of aromatic carboxylic acids is 1. The Morgan fingerprint density at radius 3 is 2.61 bits per heavy atom. The molecule has 1 aromatic rings. The average molecular weight is 321 g/mol. The minimum atomic E-state index is -1.43. The maximum Gasteiger partial charge on any atom is 0.338 e. The van der Waals surface area contributed by atoms with Crippen molar-refractivity contribution in [2.75, 3.05) is 18.5 Å². The van der Waals surface area contributed by atoms with E-state index in [1.54, 1.807) is 0 Å². The highest BCUT2D eigenvalue weighted by molar-refractivity contribution is 6.18. The van der Waals surface area contributed by atoms with E-state index in [4.69, 9.17) is 10.2 Å². The molecule has 0 radical (unpaired) electrons. The Hall–Kier alpha value is -3.27. The predicted octanol–water partition coefficient (Wildman–Crippen LogP) is -0.0501. The van der Waals surface area contributed by atoms with Crippen LogP contribution in [0.2, 0.25) is 0 Å². The van der Waals surface area contributed by atoms with E-state index in [1.165, 1.54) is 6.07 Å². The summed E-state index contributed by atoms with van der Waals surface area (Å²) in [4.78, 5) is 45.8. The van der Waals surface area contributed by atoms with E-state index < -0.39 is 46.3 Å². The zero-order valence-electron chi connectivity index (χ0n) is 11.6. The number of amides is 2. The normalized spacial score (nSPS) is 14.0. The van der Waals surface area contributed by atoms with Crippen molar-refractivity contribution in [3.05, 3.63) is 45.6 Å². The zero-order chi connectivity index (χ0) is 17.1. The molecular weight excluding hydrogens is 310 g/mol. The number of β-amino-alcohol motifs (C(OH)–C–C–N with tert-alkyl or cyclic N) is 1. The van der Waals surface area contributed by atoms with E-state index in [-0.39, 0.29) is 12.2 Å². The van der Waals surface area contributed by atoms with Gasteiger partial charge in [-0.05, 0) is 6.07 Å². The monoisotopic (exact) mass is 321 g/mol. The van der Waals surface area contributed by atoms with Gasteiger partial charge < -0.3 is 15.5 Å². The number of nitro groups is 1. The van der Waals surface area contributed by atoms with Crippen LogP contribution in [0.4, 0.5) is 11.4 Å². The summed E-state index contributed by atoms with van der Waals surface area (Å²) in [5, 5.41) is 31.3. The second-order valence-corrected chi connectivity index (χ2v) is 4.46. The SMILES string of the molecule is O=C(O)c1cccc([N+](=O)[O-])c1NC1=CC(=O)N(CCO)C1=O. The molecule has 0 bridgehead atoms. The van der Waals surface area contributed by atoms with Gasteiger partial charge in [-0.2, -0.15) is 0 Å². The number of benzene rings is 1. The van der Waals surface area contributed by atoms with Crippen LogP contribution in [0.15, 0.2) is 30.0 Å². The second-order valence-electron chi connectivity index (χ2n) is 4.46. The topological polar surface area (TPSA) is 150 Å². The van der Waals surface area contributed by atoms with Crippen LogP contribution in [0.5, 0.6) is 0 Å². The molecule has 0 atom stereocenters. The third-order valence-corrected chi connectivity index (χ3v) is 3.06. The number of aliphatic hydroxyl groups excluding tert-OH is 1. The molecular formula is C13H11N3O7. The number of carboxylic acids is 1. The van der Waals surface area contributed by atoms with Crippen LogP contribution >= 0.6 is 0 Å². The fourth-order valence-corrected chi connectivity index (χ4v) is 2.05. The van der Waals surface area contributed by atoms with Crippen LogP contribution in [0.25, 0.3) is 0 Å². The number of rotatable bonds is 6. The predicted molar refractivity (Wildman–Crippen MR) is 75.6 cm³/mol. The molecule has 1 aliphatic rings. The second kappa shape index (κ2) is 6.23. The summed E-state index contributed by atoms with van der Waals surface area (Å²) in [7, 11) is 0. The third-order valence-electron chi connectivity index (χ3n) is 3.06. The number of aliphatic hydroxyl groups is 1. The van der Waals surface area contributed by atoms with Crippen molar-refractivity contribution < 1.29 is 29.5 Å². The summed E-state index contributed by atoms with van der Waals surface area (Å²) < 4.78 is 0. The Bertz CT molecular complexity index is 709. The van der Waals surface area contributed by atoms with Crippen molar-refractivity contribution in [3.8, 4) is 0 Å². The maximum atomic E-state index is 12.0. The minimum Gasteiger partial charge on any atom is -0.478 e. The minimum absolute atomic E-state index is 0.234. The molecule has 2 rings (SSSR count). The number of carbonyl (C=O) groups is 3. The first kappa shape index (κ1) is 16.1. The number of anilines is 1. The van der Waals surface area contributed by atoms with Gasteiger partial charge in [-0.1, -0.05) is 6.07 Å². The molecule has 1 aliphatic heterocycles. The van der Waals surface area contributed by atoms with Gasteiger partial charge in [0.2, 0.25) is 0 Å². The number of nitrogens with zero attached hydrogens (tertiary/aromatic N) is 2. The third kappa shape index (κ3) is 3.01. The molecule has 0 saturated heterocycles. The molecule has 1 heterocycles. The first-order valence-corrected chi connectivity index (χ1v) is 6.33. The van der Waals surface area contributed by atoms with Crippen LogP contribution in [-0.2, 0) is 9.59 Å². The molecule has 0 aliphatic carbocycles. The molecule has 0 saturated carbocycles. The lowest BCUT2D eigenvalue weighted by Gasteiger charge is -2.14. The van der Waals surface area contributed by atoms with Crippen molar-refractivity contribution in [2.45, 2.75) is 0 Å². The van der Waals surface area contributed by atoms with Gasteiger partial charge in [-0.25, -0.2) is 4.79 Å². The van der Waals surface area contributed by atoms with Gasteiger partial charge in [-0.3, -0.25) is 24.6 Å². The first-order chi connectivity index (χ1) is 10.9. The molecule has 0 aromatic heterocycles. The zero-order valence-corrected chi connectivity index (χ0v) is 11.6. The van der Waals surface area contributed by atoms with Crippen molar-refractivity contribution in [1.82, 2.24) is 4.90 Å². The first-order valence-electron chi connectivity index (χ1n) is 6.33. The van der Waals surface area contributed by atoms with Crippen LogP contribution in [0.1, 0.15) is 10.4 Å². The van der Waals surface area contributed by atoms with E-state index in [0.29, 0.717) is 0 Å². The Labute approximate surface area is 128 Å². The summed E-state index contributed by atoms with van der Waals surface area (Å²) in [6, 6.07) is 3.40. The van der Waals surface area contributed by atoms with E-state index in [0.717, 1.165) is 23.1 Å². The van der Waals surface area contributed by atoms with E-state index in [2.05, 4.69) is 5.32 Å². The number of imide groups is 1. The number of carboxylic acid groups (broad SMARTS) is 1. The smallest absolute Gasteiger partial charge is 0.338 e. The molecule has 3 N–H and O–H groups in total. The van der Waals surface area contributed by atoms with E-state index in [9.17, 15) is 24.5 Å². The van der Waals surface area contributed by atoms with Crippen molar-refractivity contribution >= 4 is 29.2 Å². The highest BCUT2D eigenvalue weighted by Gasteiger charge is 2.33. The molecule has 2 amide bonds. The summed E-state index contributed by atoms with van der Waals surface area (Å²) in [5.41, 5.74) is -1.67. The van der Waals surface area contributed by atoms with Gasteiger partial charge in [0.1, 0.15) is 11.4 Å². The fraction of sp³-hybridized carbons (Fsp3) is 0.154. The quantitative estimate of drug-likeness (QED) is 0.375. The standard InChI is InChI=1S/C13H11N3O7/c17-5-4-15-10(18)6-8(12(15)19)14-11-7(13(20)21)2-1-3-9(11)16(22)23/h1-3,6,14,17H,4-5H2,(H,20,21). The van der Waals surface area contributed by atoms with Crippen LogP contribution in [0, 0.1) is 10.1 Å². The van der Waals surface area contributed by atoms with Gasteiger partial charge in [0.15, 0.2) is 0 Å². The maximum absolute atomic E-state index is 12.0. The number of hydrogen-bond donors (Lipinski definition) is 3. The molecule has 23 heavy (non-hydrogen) atoms. The number of carbonyl (C=O) groups excluding carboxylic acids is 2. The Morgan fingerprint density at radius 1 is 1.35 bits per heavy atom. The van der Waals surface area contributed by atoms with Gasteiger partial charge in [0.25, 0.3) is 17.5 Å². The summed E-state index contributed by atoms with van der Waals surface area (Å²) in [6.07, 6.45) is 0.889. The van der Waals surface area contributed by atoms with E-state index >= 15 is 0 Å². The van der Waals surface area contributed by atoms with Crippen molar-refractivity contribution in [2.24, 2.45) is 0 Å². The number of nitrogens with one attached hydrogen (secondary N) is 1. The molecule has 1 aromatic carbocycles. The van der Waals surface area contributed by atoms with Gasteiger partial charge in [0, 0.05) is 12.1 Å². The number of hydrogen-bond acceptors (Lipinski definition) is 7. The summed E-state index contributed by atoms with van der Waals surface area (Å²) in [5.74, 6) is -2.94. The number of para-hydroxylation sites is 1. The average Bonchev–Trinajstić information content (AvgIpc) is 2.75. The molecule has 0 fully saturated rings.